The largest absolute Gasteiger partial charge is 0.497 e. The van der Waals surface area contributed by atoms with Crippen LogP contribution in [-0.2, 0) is 4.79 Å². The molecule has 2 atom stereocenters. The van der Waals surface area contributed by atoms with Crippen LogP contribution in [0.4, 0.5) is 0 Å². The van der Waals surface area contributed by atoms with Gasteiger partial charge in [0.25, 0.3) is 0 Å². The second kappa shape index (κ2) is 8.68. The van der Waals surface area contributed by atoms with Gasteiger partial charge >= 0.3 is 0 Å². The number of amides is 1. The van der Waals surface area contributed by atoms with Crippen molar-refractivity contribution in [2.24, 2.45) is 11.8 Å². The first-order chi connectivity index (χ1) is 12.2. The summed E-state index contributed by atoms with van der Waals surface area (Å²) in [6.45, 7) is 3.79. The summed E-state index contributed by atoms with van der Waals surface area (Å²) in [5, 5.41) is 6.57. The van der Waals surface area contributed by atoms with Crippen LogP contribution in [0.3, 0.4) is 0 Å². The Morgan fingerprint density at radius 1 is 1.24 bits per heavy atom. The zero-order chi connectivity index (χ0) is 17.6. The number of carbonyl (C=O) groups is 1. The molecule has 2 fully saturated rings. The molecule has 138 valence electrons. The van der Waals surface area contributed by atoms with E-state index in [0.29, 0.717) is 12.0 Å². The molecular formula is C20H31N3O2. The average Bonchev–Trinajstić information content (AvgIpc) is 2.67. The lowest BCUT2D eigenvalue weighted by atomic mass is 9.84. The molecule has 0 saturated carbocycles. The maximum atomic E-state index is 12.5. The van der Waals surface area contributed by atoms with E-state index < -0.39 is 0 Å². The summed E-state index contributed by atoms with van der Waals surface area (Å²) in [7, 11) is 3.89. The number of carbonyl (C=O) groups excluding carboxylic acids is 1. The highest BCUT2D eigenvalue weighted by atomic mass is 16.5. The van der Waals surface area contributed by atoms with E-state index in [4.69, 9.17) is 4.74 Å². The Bertz CT molecular complexity index is 555. The predicted molar refractivity (Wildman–Crippen MR) is 99.7 cm³/mol. The van der Waals surface area contributed by atoms with Crippen molar-refractivity contribution in [3.05, 3.63) is 29.8 Å². The van der Waals surface area contributed by atoms with Crippen LogP contribution in [0.25, 0.3) is 0 Å². The van der Waals surface area contributed by atoms with E-state index in [1.807, 2.05) is 12.1 Å². The Morgan fingerprint density at radius 2 is 1.96 bits per heavy atom. The fourth-order valence-electron chi connectivity index (χ4n) is 4.26. The summed E-state index contributed by atoms with van der Waals surface area (Å²) >= 11 is 0. The smallest absolute Gasteiger partial charge is 0.223 e. The molecule has 0 aromatic heterocycles. The van der Waals surface area contributed by atoms with E-state index in [1.54, 1.807) is 7.11 Å². The number of piperidine rings is 2. The van der Waals surface area contributed by atoms with Gasteiger partial charge in [0.2, 0.25) is 5.91 Å². The molecule has 2 heterocycles. The van der Waals surface area contributed by atoms with Gasteiger partial charge in [-0.1, -0.05) is 12.1 Å². The van der Waals surface area contributed by atoms with Crippen LogP contribution in [0.5, 0.6) is 5.75 Å². The number of hydrogen-bond donors (Lipinski definition) is 2. The summed E-state index contributed by atoms with van der Waals surface area (Å²) in [4.78, 5) is 14.9. The fourth-order valence-corrected chi connectivity index (χ4v) is 4.26. The molecule has 0 aliphatic carbocycles. The molecule has 5 heteroatoms. The first-order valence-electron chi connectivity index (χ1n) is 9.51. The fraction of sp³-hybridized carbons (Fsp3) is 0.650. The topological polar surface area (TPSA) is 53.6 Å². The van der Waals surface area contributed by atoms with E-state index in [0.717, 1.165) is 51.2 Å². The Labute approximate surface area is 151 Å². The van der Waals surface area contributed by atoms with Gasteiger partial charge in [-0.05, 0) is 76.0 Å². The van der Waals surface area contributed by atoms with Crippen molar-refractivity contribution in [3.8, 4) is 5.75 Å². The summed E-state index contributed by atoms with van der Waals surface area (Å²) in [5.74, 6) is 1.76. The first-order valence-corrected chi connectivity index (χ1v) is 9.51. The summed E-state index contributed by atoms with van der Waals surface area (Å²) in [6.07, 6.45) is 4.27. The van der Waals surface area contributed by atoms with Gasteiger partial charge in [-0.15, -0.1) is 0 Å². The van der Waals surface area contributed by atoms with Crippen molar-refractivity contribution in [2.75, 3.05) is 40.3 Å². The van der Waals surface area contributed by atoms with Crippen molar-refractivity contribution in [2.45, 2.75) is 31.7 Å². The Hall–Kier alpha value is -1.59. The number of rotatable bonds is 5. The third-order valence-corrected chi connectivity index (χ3v) is 5.71. The molecule has 2 aliphatic rings. The number of nitrogens with one attached hydrogen (secondary N) is 2. The van der Waals surface area contributed by atoms with E-state index in [9.17, 15) is 4.79 Å². The quantitative estimate of drug-likeness (QED) is 0.859. The molecule has 5 nitrogen and oxygen atoms in total. The van der Waals surface area contributed by atoms with Crippen LogP contribution >= 0.6 is 0 Å². The minimum absolute atomic E-state index is 0.182. The van der Waals surface area contributed by atoms with E-state index >= 15 is 0 Å². The molecule has 1 amide bonds. The zero-order valence-electron chi connectivity index (χ0n) is 15.5. The number of ether oxygens (including phenoxy) is 1. The number of benzene rings is 1. The lowest BCUT2D eigenvalue weighted by Crippen LogP contribution is -2.44. The van der Waals surface area contributed by atoms with Gasteiger partial charge in [0.15, 0.2) is 0 Å². The third-order valence-electron chi connectivity index (χ3n) is 5.71. The van der Waals surface area contributed by atoms with Crippen LogP contribution in [0.1, 0.15) is 37.3 Å². The van der Waals surface area contributed by atoms with Crippen molar-refractivity contribution in [1.29, 1.82) is 0 Å². The van der Waals surface area contributed by atoms with Gasteiger partial charge < -0.3 is 15.4 Å². The minimum atomic E-state index is 0.182. The van der Waals surface area contributed by atoms with Crippen LogP contribution in [0.2, 0.25) is 0 Å². The monoisotopic (exact) mass is 345 g/mol. The lowest BCUT2D eigenvalue weighted by Gasteiger charge is -2.40. The standard InChI is InChI=1S/C20H31N3O2/c1-23-13-3-4-17(14-22-20(24)16-9-11-21-12-10-16)19(23)15-5-7-18(25-2)8-6-15/h5-8,16-17,19,21H,3-4,9-14H2,1-2H3,(H,22,24)/t17-,19-/m1/s1. The highest BCUT2D eigenvalue weighted by molar-refractivity contribution is 5.78. The van der Waals surface area contributed by atoms with Gasteiger partial charge in [0.05, 0.1) is 7.11 Å². The third kappa shape index (κ3) is 4.53. The molecule has 2 aliphatic heterocycles. The lowest BCUT2D eigenvalue weighted by molar-refractivity contribution is -0.126. The molecule has 0 spiro atoms. The van der Waals surface area contributed by atoms with Crippen molar-refractivity contribution in [3.63, 3.8) is 0 Å². The SMILES string of the molecule is COc1ccc([C@@H]2[C@@H](CNC(=O)C3CCNCC3)CCCN2C)cc1. The maximum Gasteiger partial charge on any atom is 0.223 e. The molecular weight excluding hydrogens is 314 g/mol. The molecule has 1 aromatic carbocycles. The Balaban J connectivity index is 1.63. The van der Waals surface area contributed by atoms with Crippen molar-refractivity contribution >= 4 is 5.91 Å². The first kappa shape index (κ1) is 18.2. The van der Waals surface area contributed by atoms with Crippen molar-refractivity contribution < 1.29 is 9.53 Å². The minimum Gasteiger partial charge on any atom is -0.497 e. The summed E-state index contributed by atoms with van der Waals surface area (Å²) in [5.41, 5.74) is 1.31. The highest BCUT2D eigenvalue weighted by Crippen LogP contribution is 2.35. The highest BCUT2D eigenvalue weighted by Gasteiger charge is 2.31. The van der Waals surface area contributed by atoms with E-state index in [-0.39, 0.29) is 11.8 Å². The van der Waals surface area contributed by atoms with Crippen LogP contribution in [-0.4, -0.2) is 51.1 Å². The molecule has 1 aromatic rings. The van der Waals surface area contributed by atoms with Gasteiger partial charge in [-0.3, -0.25) is 9.69 Å². The second-order valence-corrected chi connectivity index (χ2v) is 7.37. The number of methoxy groups -OCH3 is 1. The van der Waals surface area contributed by atoms with E-state index in [2.05, 4.69) is 34.7 Å². The van der Waals surface area contributed by atoms with Gasteiger partial charge in [0, 0.05) is 18.5 Å². The molecule has 0 bridgehead atoms. The van der Waals surface area contributed by atoms with Crippen LogP contribution < -0.4 is 15.4 Å². The van der Waals surface area contributed by atoms with Crippen molar-refractivity contribution in [1.82, 2.24) is 15.5 Å². The van der Waals surface area contributed by atoms with Crippen LogP contribution in [0.15, 0.2) is 24.3 Å². The second-order valence-electron chi connectivity index (χ2n) is 7.37. The number of nitrogens with zero attached hydrogens (tertiary/aromatic N) is 1. The molecule has 2 N–H and O–H groups in total. The summed E-state index contributed by atoms with van der Waals surface area (Å²) < 4.78 is 5.28. The maximum absolute atomic E-state index is 12.5. The van der Waals surface area contributed by atoms with Crippen LogP contribution in [0, 0.1) is 11.8 Å². The number of hydrogen-bond acceptors (Lipinski definition) is 4. The van der Waals surface area contributed by atoms with Gasteiger partial charge in [-0.25, -0.2) is 0 Å². The molecule has 25 heavy (non-hydrogen) atoms. The molecule has 3 rings (SSSR count). The Kier molecular flexibility index (Phi) is 6.32. The summed E-state index contributed by atoms with van der Waals surface area (Å²) in [6, 6.07) is 8.73. The number of likely N-dealkylation sites (tertiary alicyclic amines) is 1. The zero-order valence-corrected chi connectivity index (χ0v) is 15.5. The molecule has 0 unspecified atom stereocenters. The van der Waals surface area contributed by atoms with E-state index in [1.165, 1.54) is 12.0 Å². The normalized spacial score (nSPS) is 25.5. The molecule has 0 radical (unpaired) electrons. The average molecular weight is 345 g/mol. The Morgan fingerprint density at radius 3 is 2.64 bits per heavy atom. The van der Waals surface area contributed by atoms with Gasteiger partial charge in [-0.2, -0.15) is 0 Å². The van der Waals surface area contributed by atoms with Gasteiger partial charge in [0.1, 0.15) is 5.75 Å². The molecule has 2 saturated heterocycles. The predicted octanol–water partition coefficient (Wildman–Crippen LogP) is 2.19.